The van der Waals surface area contributed by atoms with Crippen molar-refractivity contribution >= 4 is 5.97 Å². The van der Waals surface area contributed by atoms with Gasteiger partial charge in [0.15, 0.2) is 0 Å². The topological polar surface area (TPSA) is 44.1 Å². The van der Waals surface area contributed by atoms with Crippen molar-refractivity contribution in [2.75, 3.05) is 7.11 Å². The summed E-state index contributed by atoms with van der Waals surface area (Å²) in [6.45, 7) is 0. The van der Waals surface area contributed by atoms with Crippen LogP contribution in [-0.2, 0) is 11.8 Å². The second kappa shape index (κ2) is 2.87. The minimum atomic E-state index is -0.282. The third-order valence-electron chi connectivity index (χ3n) is 2.35. The van der Waals surface area contributed by atoms with E-state index in [4.69, 9.17) is 0 Å². The Morgan fingerprint density at radius 3 is 2.92 bits per heavy atom. The van der Waals surface area contributed by atoms with E-state index in [-0.39, 0.29) is 5.97 Å². The molecule has 0 radical (unpaired) electrons. The van der Waals surface area contributed by atoms with E-state index in [0.29, 0.717) is 11.5 Å². The van der Waals surface area contributed by atoms with Gasteiger partial charge in [-0.1, -0.05) is 0 Å². The lowest BCUT2D eigenvalue weighted by molar-refractivity contribution is 0.0599. The summed E-state index contributed by atoms with van der Waals surface area (Å²) >= 11 is 0. The summed E-state index contributed by atoms with van der Waals surface area (Å²) in [5.74, 6) is 0.233. The fourth-order valence-electron chi connectivity index (χ4n) is 1.56. The van der Waals surface area contributed by atoms with E-state index in [1.807, 2.05) is 7.05 Å². The quantitative estimate of drug-likeness (QED) is 0.640. The number of nitrogens with zero attached hydrogens (tertiary/aromatic N) is 2. The number of aromatic nitrogens is 2. The fraction of sp³-hybridized carbons (Fsp3) is 0.556. The van der Waals surface area contributed by atoms with Crippen LogP contribution in [0.15, 0.2) is 6.20 Å². The molecule has 70 valence electrons. The maximum absolute atomic E-state index is 11.3. The molecule has 0 spiro atoms. The van der Waals surface area contributed by atoms with Gasteiger partial charge in [-0.25, -0.2) is 4.79 Å². The molecule has 0 atom stereocenters. The lowest BCUT2D eigenvalue weighted by Gasteiger charge is -2.01. The first-order valence-electron chi connectivity index (χ1n) is 4.34. The van der Waals surface area contributed by atoms with Gasteiger partial charge >= 0.3 is 5.97 Å². The summed E-state index contributed by atoms with van der Waals surface area (Å²) in [7, 11) is 3.26. The molecule has 4 heteroatoms. The van der Waals surface area contributed by atoms with Crippen LogP contribution < -0.4 is 0 Å². The smallest absolute Gasteiger partial charge is 0.341 e. The molecule has 1 heterocycles. The highest BCUT2D eigenvalue weighted by Gasteiger charge is 2.31. The first-order chi connectivity index (χ1) is 6.24. The van der Waals surface area contributed by atoms with Crippen molar-refractivity contribution in [2.45, 2.75) is 18.8 Å². The van der Waals surface area contributed by atoms with Gasteiger partial charge < -0.3 is 4.74 Å². The van der Waals surface area contributed by atoms with E-state index in [1.54, 1.807) is 10.9 Å². The largest absolute Gasteiger partial charge is 0.465 e. The number of methoxy groups -OCH3 is 1. The van der Waals surface area contributed by atoms with Crippen molar-refractivity contribution in [3.05, 3.63) is 17.5 Å². The Balaban J connectivity index is 2.39. The molecule has 0 aliphatic heterocycles. The molecule has 1 fully saturated rings. The van der Waals surface area contributed by atoms with Crippen LogP contribution in [0, 0.1) is 0 Å². The van der Waals surface area contributed by atoms with E-state index < -0.39 is 0 Å². The second-order valence-electron chi connectivity index (χ2n) is 3.33. The molecule has 0 saturated heterocycles. The van der Waals surface area contributed by atoms with Crippen molar-refractivity contribution < 1.29 is 9.53 Å². The average Bonchev–Trinajstić information content (AvgIpc) is 2.89. The second-order valence-corrected chi connectivity index (χ2v) is 3.33. The maximum atomic E-state index is 11.3. The van der Waals surface area contributed by atoms with Gasteiger partial charge in [-0.05, 0) is 12.8 Å². The van der Waals surface area contributed by atoms with E-state index in [1.165, 1.54) is 7.11 Å². The standard InChI is InChI=1S/C9H12N2O2/c1-11-8(6-3-4-6)7(5-10-11)9(12)13-2/h5-6H,3-4H2,1-2H3. The predicted octanol–water partition coefficient (Wildman–Crippen LogP) is 1.08. The zero-order chi connectivity index (χ0) is 9.42. The predicted molar refractivity (Wildman–Crippen MR) is 46.5 cm³/mol. The van der Waals surface area contributed by atoms with Crippen LogP contribution in [0.3, 0.4) is 0 Å². The number of hydrogen-bond acceptors (Lipinski definition) is 3. The number of carbonyl (C=O) groups excluding carboxylic acids is 1. The minimum Gasteiger partial charge on any atom is -0.465 e. The minimum absolute atomic E-state index is 0.282. The van der Waals surface area contributed by atoms with Crippen molar-refractivity contribution in [1.82, 2.24) is 9.78 Å². The van der Waals surface area contributed by atoms with Crippen LogP contribution in [0.1, 0.15) is 34.8 Å². The van der Waals surface area contributed by atoms with Crippen LogP contribution >= 0.6 is 0 Å². The number of aryl methyl sites for hydroxylation is 1. The van der Waals surface area contributed by atoms with Gasteiger partial charge in [0.05, 0.1) is 19.0 Å². The molecule has 0 unspecified atom stereocenters. The van der Waals surface area contributed by atoms with E-state index in [9.17, 15) is 4.79 Å². The third kappa shape index (κ3) is 1.32. The summed E-state index contributed by atoms with van der Waals surface area (Å²) in [6.07, 6.45) is 3.90. The van der Waals surface area contributed by atoms with Crippen LogP contribution in [0.25, 0.3) is 0 Å². The molecule has 2 rings (SSSR count). The molecule has 0 aromatic carbocycles. The Kier molecular flexibility index (Phi) is 1.83. The van der Waals surface area contributed by atoms with Crippen molar-refractivity contribution in [3.8, 4) is 0 Å². The van der Waals surface area contributed by atoms with Crippen molar-refractivity contribution in [2.24, 2.45) is 7.05 Å². The Bertz CT molecular complexity index is 339. The molecule has 0 amide bonds. The van der Waals surface area contributed by atoms with Gasteiger partial charge in [-0.3, -0.25) is 4.68 Å². The lowest BCUT2D eigenvalue weighted by Crippen LogP contribution is -2.05. The maximum Gasteiger partial charge on any atom is 0.341 e. The van der Waals surface area contributed by atoms with E-state index in [2.05, 4.69) is 9.84 Å². The van der Waals surface area contributed by atoms with Gasteiger partial charge in [0.2, 0.25) is 0 Å². The zero-order valence-electron chi connectivity index (χ0n) is 7.78. The highest BCUT2D eigenvalue weighted by molar-refractivity contribution is 5.90. The van der Waals surface area contributed by atoms with Gasteiger partial charge in [0.25, 0.3) is 0 Å². The zero-order valence-corrected chi connectivity index (χ0v) is 7.78. The molecule has 1 aliphatic rings. The Labute approximate surface area is 76.5 Å². The number of carbonyl (C=O) groups is 1. The number of esters is 1. The van der Waals surface area contributed by atoms with Crippen LogP contribution in [-0.4, -0.2) is 22.9 Å². The molecule has 1 aromatic heterocycles. The average molecular weight is 180 g/mol. The normalized spacial score (nSPS) is 15.8. The summed E-state index contributed by atoms with van der Waals surface area (Å²) < 4.78 is 6.44. The Morgan fingerprint density at radius 1 is 1.69 bits per heavy atom. The monoisotopic (exact) mass is 180 g/mol. The van der Waals surface area contributed by atoms with Crippen molar-refractivity contribution in [3.63, 3.8) is 0 Å². The van der Waals surface area contributed by atoms with E-state index >= 15 is 0 Å². The number of ether oxygens (including phenoxy) is 1. The number of rotatable bonds is 2. The highest BCUT2D eigenvalue weighted by Crippen LogP contribution is 2.41. The van der Waals surface area contributed by atoms with Gasteiger partial charge in [-0.15, -0.1) is 0 Å². The summed E-state index contributed by atoms with van der Waals surface area (Å²) in [6, 6.07) is 0. The first-order valence-corrected chi connectivity index (χ1v) is 4.34. The highest BCUT2D eigenvalue weighted by atomic mass is 16.5. The molecule has 0 bridgehead atoms. The lowest BCUT2D eigenvalue weighted by atomic mass is 10.2. The Morgan fingerprint density at radius 2 is 2.38 bits per heavy atom. The summed E-state index contributed by atoms with van der Waals surface area (Å²) in [4.78, 5) is 11.3. The summed E-state index contributed by atoms with van der Waals surface area (Å²) in [5.41, 5.74) is 1.64. The summed E-state index contributed by atoms with van der Waals surface area (Å²) in [5, 5.41) is 4.06. The van der Waals surface area contributed by atoms with Crippen LogP contribution in [0.2, 0.25) is 0 Å². The SMILES string of the molecule is COC(=O)c1cnn(C)c1C1CC1. The van der Waals surface area contributed by atoms with Crippen molar-refractivity contribution in [1.29, 1.82) is 0 Å². The first kappa shape index (κ1) is 8.29. The van der Waals surface area contributed by atoms with Crippen LogP contribution in [0.5, 0.6) is 0 Å². The van der Waals surface area contributed by atoms with E-state index in [0.717, 1.165) is 18.5 Å². The molecule has 1 aliphatic carbocycles. The molecule has 1 saturated carbocycles. The molecular weight excluding hydrogens is 168 g/mol. The fourth-order valence-corrected chi connectivity index (χ4v) is 1.56. The molecule has 1 aromatic rings. The molecule has 13 heavy (non-hydrogen) atoms. The van der Waals surface area contributed by atoms with Gasteiger partial charge in [-0.2, -0.15) is 5.10 Å². The Hall–Kier alpha value is -1.32. The van der Waals surface area contributed by atoms with Gasteiger partial charge in [0.1, 0.15) is 5.56 Å². The molecule has 4 nitrogen and oxygen atoms in total. The van der Waals surface area contributed by atoms with Crippen LogP contribution in [0.4, 0.5) is 0 Å². The molecule has 0 N–H and O–H groups in total. The molecular formula is C9H12N2O2. The number of hydrogen-bond donors (Lipinski definition) is 0. The third-order valence-corrected chi connectivity index (χ3v) is 2.35. The van der Waals surface area contributed by atoms with Gasteiger partial charge in [0, 0.05) is 13.0 Å².